The molecule has 5 rings (SSSR count). The van der Waals surface area contributed by atoms with Crippen molar-refractivity contribution >= 4 is 12.2 Å². The van der Waals surface area contributed by atoms with Gasteiger partial charge >= 0.3 is 0 Å². The minimum atomic E-state index is -1.49. The Morgan fingerprint density at radius 2 is 1.74 bits per heavy atom. The van der Waals surface area contributed by atoms with Gasteiger partial charge in [0.25, 0.3) is 0 Å². The first kappa shape index (κ1) is 22.1. The summed E-state index contributed by atoms with van der Waals surface area (Å²) in [6.45, 7) is 4.36. The molecule has 0 bridgehead atoms. The topological polar surface area (TPSA) is 48.5 Å². The van der Waals surface area contributed by atoms with Gasteiger partial charge < -0.3 is 4.57 Å². The van der Waals surface area contributed by atoms with Crippen molar-refractivity contribution in [3.8, 4) is 5.69 Å². The number of aryl methyl sites for hydroxylation is 3. The third kappa shape index (κ3) is 4.02. The van der Waals surface area contributed by atoms with Gasteiger partial charge in [-0.1, -0.05) is 0 Å². The van der Waals surface area contributed by atoms with Crippen LogP contribution in [0, 0.1) is 37.1 Å². The summed E-state index contributed by atoms with van der Waals surface area (Å²) in [5, 5.41) is 4.45. The van der Waals surface area contributed by atoms with Crippen LogP contribution in [0.3, 0.4) is 0 Å². The van der Waals surface area contributed by atoms with Crippen LogP contribution in [0.4, 0.5) is 17.6 Å². The highest BCUT2D eigenvalue weighted by atomic mass is 19.2. The Hall–Kier alpha value is -3.75. The van der Waals surface area contributed by atoms with E-state index in [1.807, 2.05) is 20.0 Å². The molecule has 9 heteroatoms. The van der Waals surface area contributed by atoms with Crippen LogP contribution in [-0.2, 0) is 6.54 Å². The Kier molecular flexibility index (Phi) is 5.55. The van der Waals surface area contributed by atoms with Gasteiger partial charge in [0.15, 0.2) is 23.3 Å². The van der Waals surface area contributed by atoms with Crippen molar-refractivity contribution in [2.75, 3.05) is 0 Å². The lowest BCUT2D eigenvalue weighted by molar-refractivity contribution is 0.427. The fourth-order valence-electron chi connectivity index (χ4n) is 4.35. The highest BCUT2D eigenvalue weighted by molar-refractivity contribution is 5.68. The molecule has 0 spiro atoms. The summed E-state index contributed by atoms with van der Waals surface area (Å²) >= 11 is 0. The Labute approximate surface area is 193 Å². The second-order valence-electron chi connectivity index (χ2n) is 8.46. The third-order valence-electron chi connectivity index (χ3n) is 6.02. The van der Waals surface area contributed by atoms with Gasteiger partial charge in [0.2, 0.25) is 0 Å². The van der Waals surface area contributed by atoms with Crippen molar-refractivity contribution in [3.05, 3.63) is 94.1 Å². The quantitative estimate of drug-likeness (QED) is 0.284. The average molecular weight is 467 g/mol. The number of imidazole rings is 1. The Morgan fingerprint density at radius 1 is 0.971 bits per heavy atom. The van der Waals surface area contributed by atoms with Gasteiger partial charge in [-0.25, -0.2) is 32.2 Å². The molecule has 0 fully saturated rings. The van der Waals surface area contributed by atoms with Crippen LogP contribution in [0.2, 0.25) is 0 Å². The Bertz CT molecular complexity index is 1400. The van der Waals surface area contributed by atoms with E-state index in [0.29, 0.717) is 41.4 Å². The molecule has 0 aliphatic carbocycles. The fourth-order valence-corrected chi connectivity index (χ4v) is 4.35. The van der Waals surface area contributed by atoms with Crippen molar-refractivity contribution in [1.29, 1.82) is 0 Å². The molecule has 2 aromatic heterocycles. The standard InChI is InChI=1S/C25H21F4N5/c1-14-8-16(19(26)11-22(14)33-12-15(2)30-13-33)5-6-23-31-25-18(4-3-7-34(25)32-23)17-9-20(27)24(29)21(28)10-17/h5-6,8-13,18H,3-4,7H2,1-2H3/b6-5+/t18-/m0/s1. The van der Waals surface area contributed by atoms with E-state index in [-0.39, 0.29) is 0 Å². The highest BCUT2D eigenvalue weighted by Gasteiger charge is 2.27. The van der Waals surface area contributed by atoms with E-state index in [1.165, 1.54) is 6.07 Å². The van der Waals surface area contributed by atoms with Crippen LogP contribution in [0.5, 0.6) is 0 Å². The second-order valence-corrected chi connectivity index (χ2v) is 8.46. The first-order valence-electron chi connectivity index (χ1n) is 10.9. The van der Waals surface area contributed by atoms with Crippen molar-refractivity contribution in [3.63, 3.8) is 0 Å². The van der Waals surface area contributed by atoms with Gasteiger partial charge in [0, 0.05) is 24.2 Å². The first-order chi connectivity index (χ1) is 16.3. The molecule has 4 aromatic rings. The van der Waals surface area contributed by atoms with Crippen LogP contribution >= 0.6 is 0 Å². The van der Waals surface area contributed by atoms with Gasteiger partial charge in [0.1, 0.15) is 11.6 Å². The first-order valence-corrected chi connectivity index (χ1v) is 10.9. The van der Waals surface area contributed by atoms with E-state index in [2.05, 4.69) is 15.1 Å². The minimum absolute atomic E-state index is 0.312. The van der Waals surface area contributed by atoms with E-state index in [4.69, 9.17) is 0 Å². The predicted octanol–water partition coefficient (Wildman–Crippen LogP) is 5.73. The van der Waals surface area contributed by atoms with Gasteiger partial charge in [-0.2, -0.15) is 5.10 Å². The molecule has 3 heterocycles. The van der Waals surface area contributed by atoms with Gasteiger partial charge in [-0.05, 0) is 74.2 Å². The monoisotopic (exact) mass is 467 g/mol. The van der Waals surface area contributed by atoms with Crippen LogP contribution in [0.1, 0.15) is 52.8 Å². The highest BCUT2D eigenvalue weighted by Crippen LogP contribution is 2.33. The Morgan fingerprint density at radius 3 is 2.44 bits per heavy atom. The van der Waals surface area contributed by atoms with Crippen LogP contribution in [0.25, 0.3) is 17.8 Å². The molecule has 0 unspecified atom stereocenters. The predicted molar refractivity (Wildman–Crippen MR) is 119 cm³/mol. The number of hydrogen-bond donors (Lipinski definition) is 0. The molecule has 1 aliphatic rings. The average Bonchev–Trinajstić information content (AvgIpc) is 3.43. The van der Waals surface area contributed by atoms with E-state index < -0.39 is 29.2 Å². The summed E-state index contributed by atoms with van der Waals surface area (Å²) in [5.41, 5.74) is 3.10. The smallest absolute Gasteiger partial charge is 0.194 e. The molecule has 0 radical (unpaired) electrons. The van der Waals surface area contributed by atoms with Gasteiger partial charge in [0.05, 0.1) is 17.7 Å². The number of benzene rings is 2. The number of rotatable bonds is 4. The lowest BCUT2D eigenvalue weighted by atomic mass is 9.91. The van der Waals surface area contributed by atoms with E-state index >= 15 is 0 Å². The molecule has 34 heavy (non-hydrogen) atoms. The third-order valence-corrected chi connectivity index (χ3v) is 6.02. The molecule has 0 saturated heterocycles. The van der Waals surface area contributed by atoms with Crippen molar-refractivity contribution in [2.45, 2.75) is 39.2 Å². The zero-order chi connectivity index (χ0) is 24.0. The normalized spacial score (nSPS) is 15.8. The molecule has 0 N–H and O–H groups in total. The van der Waals surface area contributed by atoms with Crippen LogP contribution in [-0.4, -0.2) is 24.3 Å². The van der Waals surface area contributed by atoms with E-state index in [1.54, 1.807) is 33.8 Å². The molecular formula is C25H21F4N5. The summed E-state index contributed by atoms with van der Waals surface area (Å²) in [6.07, 6.45) is 8.00. The molecular weight excluding hydrogens is 446 g/mol. The lowest BCUT2D eigenvalue weighted by Crippen LogP contribution is -2.18. The van der Waals surface area contributed by atoms with Crippen LogP contribution in [0.15, 0.2) is 36.8 Å². The Balaban J connectivity index is 1.44. The number of fused-ring (bicyclic) bond motifs is 1. The van der Waals surface area contributed by atoms with Gasteiger partial charge in [-0.3, -0.25) is 0 Å². The van der Waals surface area contributed by atoms with Crippen LogP contribution < -0.4 is 0 Å². The molecule has 174 valence electrons. The minimum Gasteiger partial charge on any atom is -0.306 e. The number of hydrogen-bond acceptors (Lipinski definition) is 3. The lowest BCUT2D eigenvalue weighted by Gasteiger charge is -2.22. The molecule has 0 saturated carbocycles. The summed E-state index contributed by atoms with van der Waals surface area (Å²) in [7, 11) is 0. The summed E-state index contributed by atoms with van der Waals surface area (Å²) in [4.78, 5) is 8.70. The van der Waals surface area contributed by atoms with Crippen molar-refractivity contribution in [2.24, 2.45) is 0 Å². The zero-order valence-electron chi connectivity index (χ0n) is 18.6. The summed E-state index contributed by atoms with van der Waals surface area (Å²) < 4.78 is 59.2. The van der Waals surface area contributed by atoms with Gasteiger partial charge in [-0.15, -0.1) is 0 Å². The number of halogens is 4. The maximum Gasteiger partial charge on any atom is 0.194 e. The number of nitrogens with zero attached hydrogens (tertiary/aromatic N) is 5. The maximum absolute atomic E-state index is 14.8. The molecule has 2 aromatic carbocycles. The zero-order valence-corrected chi connectivity index (χ0v) is 18.6. The fraction of sp³-hybridized carbons (Fsp3) is 0.240. The SMILES string of the molecule is Cc1cn(-c2cc(F)c(/C=C/c3nc4n(n3)CCC[C@H]4c3cc(F)c(F)c(F)c3)cc2C)cn1. The molecule has 1 atom stereocenters. The van der Waals surface area contributed by atoms with Crippen molar-refractivity contribution < 1.29 is 17.6 Å². The number of aromatic nitrogens is 5. The second kappa shape index (κ2) is 8.55. The largest absolute Gasteiger partial charge is 0.306 e. The molecule has 1 aliphatic heterocycles. The molecule has 5 nitrogen and oxygen atoms in total. The van der Waals surface area contributed by atoms with Crippen molar-refractivity contribution in [1.82, 2.24) is 24.3 Å². The van der Waals surface area contributed by atoms with E-state index in [9.17, 15) is 17.6 Å². The summed E-state index contributed by atoms with van der Waals surface area (Å²) in [5.74, 6) is -3.86. The summed E-state index contributed by atoms with van der Waals surface area (Å²) in [6, 6.07) is 5.20. The maximum atomic E-state index is 14.8. The molecule has 0 amide bonds. The van der Waals surface area contributed by atoms with E-state index in [0.717, 1.165) is 29.8 Å².